The first-order valence-corrected chi connectivity index (χ1v) is 6.38. The molecule has 0 amide bonds. The molecule has 3 rings (SSSR count). The van der Waals surface area contributed by atoms with Crippen LogP contribution in [0.1, 0.15) is 10.4 Å². The highest BCUT2D eigenvalue weighted by Crippen LogP contribution is 2.33. The van der Waals surface area contributed by atoms with Gasteiger partial charge in [-0.05, 0) is 30.3 Å². The van der Waals surface area contributed by atoms with Crippen molar-refractivity contribution in [3.8, 4) is 11.3 Å². The summed E-state index contributed by atoms with van der Waals surface area (Å²) in [5.74, 6) is 0.599. The SMILES string of the molecule is O=Cc1cc(Cl)ccc1-c1cc2cccc(Cl)c2o1. The molecule has 0 unspecified atom stereocenters. The van der Waals surface area contributed by atoms with Gasteiger partial charge in [0.2, 0.25) is 0 Å². The monoisotopic (exact) mass is 290 g/mol. The van der Waals surface area contributed by atoms with Crippen LogP contribution in [0, 0.1) is 0 Å². The van der Waals surface area contributed by atoms with Crippen molar-refractivity contribution in [1.82, 2.24) is 0 Å². The van der Waals surface area contributed by atoms with Gasteiger partial charge in [0.15, 0.2) is 11.9 Å². The lowest BCUT2D eigenvalue weighted by molar-refractivity contribution is 0.112. The van der Waals surface area contributed by atoms with E-state index in [2.05, 4.69) is 0 Å². The average Bonchev–Trinajstić information content (AvgIpc) is 2.83. The largest absolute Gasteiger partial charge is 0.454 e. The fourth-order valence-electron chi connectivity index (χ4n) is 2.02. The molecule has 2 nitrogen and oxygen atoms in total. The summed E-state index contributed by atoms with van der Waals surface area (Å²) in [4.78, 5) is 11.1. The number of para-hydroxylation sites is 1. The third kappa shape index (κ3) is 2.14. The molecule has 3 aromatic rings. The van der Waals surface area contributed by atoms with E-state index in [1.807, 2.05) is 18.2 Å². The van der Waals surface area contributed by atoms with E-state index in [0.29, 0.717) is 32.5 Å². The molecule has 0 aliphatic heterocycles. The van der Waals surface area contributed by atoms with Crippen LogP contribution in [0.4, 0.5) is 0 Å². The second kappa shape index (κ2) is 4.72. The molecule has 0 radical (unpaired) electrons. The van der Waals surface area contributed by atoms with Gasteiger partial charge in [-0.25, -0.2) is 0 Å². The summed E-state index contributed by atoms with van der Waals surface area (Å²) < 4.78 is 5.73. The molecule has 0 aliphatic rings. The summed E-state index contributed by atoms with van der Waals surface area (Å²) in [5, 5.41) is 1.96. The van der Waals surface area contributed by atoms with Crippen molar-refractivity contribution in [3.63, 3.8) is 0 Å². The predicted molar refractivity (Wildman–Crippen MR) is 77.1 cm³/mol. The average molecular weight is 291 g/mol. The molecule has 19 heavy (non-hydrogen) atoms. The Kier molecular flexibility index (Phi) is 3.05. The summed E-state index contributed by atoms with van der Waals surface area (Å²) in [6.07, 6.45) is 0.760. The highest BCUT2D eigenvalue weighted by atomic mass is 35.5. The third-order valence-electron chi connectivity index (χ3n) is 2.90. The van der Waals surface area contributed by atoms with Crippen molar-refractivity contribution in [3.05, 3.63) is 58.1 Å². The van der Waals surface area contributed by atoms with E-state index in [4.69, 9.17) is 27.6 Å². The Labute approximate surface area is 119 Å². The maximum absolute atomic E-state index is 11.1. The molecule has 1 heterocycles. The van der Waals surface area contributed by atoms with Crippen LogP contribution in [0.3, 0.4) is 0 Å². The number of halogens is 2. The second-order valence-corrected chi connectivity index (χ2v) is 4.96. The Morgan fingerprint density at radius 2 is 1.89 bits per heavy atom. The van der Waals surface area contributed by atoms with E-state index in [-0.39, 0.29) is 0 Å². The molecule has 0 N–H and O–H groups in total. The maximum Gasteiger partial charge on any atom is 0.153 e. The highest BCUT2D eigenvalue weighted by molar-refractivity contribution is 6.35. The Morgan fingerprint density at radius 3 is 2.63 bits per heavy atom. The van der Waals surface area contributed by atoms with Crippen molar-refractivity contribution in [2.45, 2.75) is 0 Å². The number of aldehydes is 1. The van der Waals surface area contributed by atoms with Gasteiger partial charge >= 0.3 is 0 Å². The molecule has 0 bridgehead atoms. The number of hydrogen-bond acceptors (Lipinski definition) is 2. The zero-order chi connectivity index (χ0) is 13.4. The molecule has 0 aliphatic carbocycles. The van der Waals surface area contributed by atoms with Gasteiger partial charge in [0, 0.05) is 21.5 Å². The fourth-order valence-corrected chi connectivity index (χ4v) is 2.42. The Bertz CT molecular complexity index is 775. The van der Waals surface area contributed by atoms with Gasteiger partial charge in [-0.1, -0.05) is 35.3 Å². The number of carbonyl (C=O) groups excluding carboxylic acids is 1. The topological polar surface area (TPSA) is 30.2 Å². The number of furan rings is 1. The van der Waals surface area contributed by atoms with E-state index in [1.54, 1.807) is 24.3 Å². The molecule has 0 spiro atoms. The Balaban J connectivity index is 2.24. The van der Waals surface area contributed by atoms with Gasteiger partial charge in [-0.3, -0.25) is 4.79 Å². The standard InChI is InChI=1S/C15H8Cl2O2/c16-11-4-5-12(10(6-11)8-18)14-7-9-2-1-3-13(17)15(9)19-14/h1-8H. The fraction of sp³-hybridized carbons (Fsp3) is 0. The van der Waals surface area contributed by atoms with Gasteiger partial charge in [0.25, 0.3) is 0 Å². The van der Waals surface area contributed by atoms with Crippen LogP contribution >= 0.6 is 23.2 Å². The number of benzene rings is 2. The number of hydrogen-bond donors (Lipinski definition) is 0. The first-order chi connectivity index (χ1) is 9.19. The molecule has 4 heteroatoms. The Hall–Kier alpha value is -1.77. The Morgan fingerprint density at radius 1 is 1.05 bits per heavy atom. The smallest absolute Gasteiger partial charge is 0.153 e. The molecule has 0 saturated heterocycles. The number of fused-ring (bicyclic) bond motifs is 1. The quantitative estimate of drug-likeness (QED) is 0.606. The zero-order valence-corrected chi connectivity index (χ0v) is 11.2. The summed E-state index contributed by atoms with van der Waals surface area (Å²) in [7, 11) is 0. The van der Waals surface area contributed by atoms with Crippen LogP contribution < -0.4 is 0 Å². The molecule has 2 aromatic carbocycles. The lowest BCUT2D eigenvalue weighted by atomic mass is 10.1. The minimum absolute atomic E-state index is 0.489. The van der Waals surface area contributed by atoms with E-state index in [9.17, 15) is 4.79 Å². The van der Waals surface area contributed by atoms with Gasteiger partial charge in [-0.15, -0.1) is 0 Å². The van der Waals surface area contributed by atoms with Crippen LogP contribution in [0.2, 0.25) is 10.0 Å². The van der Waals surface area contributed by atoms with Gasteiger partial charge in [0.05, 0.1) is 5.02 Å². The number of carbonyl (C=O) groups is 1. The minimum Gasteiger partial charge on any atom is -0.454 e. The molecule has 1 aromatic heterocycles. The van der Waals surface area contributed by atoms with Crippen molar-refractivity contribution in [1.29, 1.82) is 0 Å². The van der Waals surface area contributed by atoms with Gasteiger partial charge < -0.3 is 4.42 Å². The third-order valence-corrected chi connectivity index (χ3v) is 3.43. The van der Waals surface area contributed by atoms with Crippen LogP contribution in [0.25, 0.3) is 22.3 Å². The zero-order valence-electron chi connectivity index (χ0n) is 9.69. The van der Waals surface area contributed by atoms with Crippen molar-refractivity contribution >= 4 is 40.5 Å². The molecule has 0 fully saturated rings. The summed E-state index contributed by atoms with van der Waals surface area (Å²) in [5.41, 5.74) is 1.81. The van der Waals surface area contributed by atoms with Crippen LogP contribution in [0.15, 0.2) is 46.9 Å². The lowest BCUT2D eigenvalue weighted by Gasteiger charge is -2.01. The van der Waals surface area contributed by atoms with Crippen LogP contribution in [-0.4, -0.2) is 6.29 Å². The van der Waals surface area contributed by atoms with Crippen molar-refractivity contribution in [2.24, 2.45) is 0 Å². The van der Waals surface area contributed by atoms with Crippen molar-refractivity contribution in [2.75, 3.05) is 0 Å². The highest BCUT2D eigenvalue weighted by Gasteiger charge is 2.12. The van der Waals surface area contributed by atoms with E-state index in [0.717, 1.165) is 11.7 Å². The first kappa shape index (κ1) is 12.3. The maximum atomic E-state index is 11.1. The molecular formula is C15H8Cl2O2. The summed E-state index contributed by atoms with van der Waals surface area (Å²) in [6.45, 7) is 0. The second-order valence-electron chi connectivity index (χ2n) is 4.12. The van der Waals surface area contributed by atoms with Gasteiger partial charge in [-0.2, -0.15) is 0 Å². The van der Waals surface area contributed by atoms with Gasteiger partial charge in [0.1, 0.15) is 5.76 Å². The van der Waals surface area contributed by atoms with E-state index >= 15 is 0 Å². The predicted octanol–water partition coefficient (Wildman–Crippen LogP) is 5.22. The summed E-state index contributed by atoms with van der Waals surface area (Å²) in [6, 6.07) is 12.5. The minimum atomic E-state index is 0.489. The van der Waals surface area contributed by atoms with E-state index < -0.39 is 0 Å². The van der Waals surface area contributed by atoms with Crippen LogP contribution in [0.5, 0.6) is 0 Å². The molecular weight excluding hydrogens is 283 g/mol. The first-order valence-electron chi connectivity index (χ1n) is 5.62. The summed E-state index contributed by atoms with van der Waals surface area (Å²) >= 11 is 11.9. The molecule has 0 saturated carbocycles. The number of rotatable bonds is 2. The molecule has 0 atom stereocenters. The molecule has 94 valence electrons. The lowest BCUT2D eigenvalue weighted by Crippen LogP contribution is -1.85. The van der Waals surface area contributed by atoms with Crippen LogP contribution in [-0.2, 0) is 0 Å². The van der Waals surface area contributed by atoms with Crippen molar-refractivity contribution < 1.29 is 9.21 Å². The van der Waals surface area contributed by atoms with E-state index in [1.165, 1.54) is 0 Å². The normalized spacial score (nSPS) is 10.8.